The van der Waals surface area contributed by atoms with Crippen molar-refractivity contribution >= 4 is 23.5 Å². The van der Waals surface area contributed by atoms with Crippen LogP contribution in [0.1, 0.15) is 61.1 Å². The lowest BCUT2D eigenvalue weighted by Crippen LogP contribution is -2.46. The van der Waals surface area contributed by atoms with E-state index in [4.69, 9.17) is 16.3 Å². The smallest absolute Gasteiger partial charge is 0.343 e. The maximum absolute atomic E-state index is 12.7. The molecule has 0 spiro atoms. The van der Waals surface area contributed by atoms with Crippen molar-refractivity contribution in [3.63, 3.8) is 0 Å². The van der Waals surface area contributed by atoms with E-state index < -0.39 is 12.1 Å². The second-order valence-electron chi connectivity index (χ2n) is 7.82. The predicted octanol–water partition coefficient (Wildman–Crippen LogP) is 4.13. The fraction of sp³-hybridized carbons (Fsp3) is 0.500. The number of ether oxygens (including phenoxy) is 1. The quantitative estimate of drug-likeness (QED) is 0.717. The normalized spacial score (nSPS) is 20.1. The summed E-state index contributed by atoms with van der Waals surface area (Å²) in [6.45, 7) is 5.88. The fourth-order valence-electron chi connectivity index (χ4n) is 3.75. The molecule has 1 aliphatic carbocycles. The summed E-state index contributed by atoms with van der Waals surface area (Å²) < 4.78 is 6.98. The van der Waals surface area contributed by atoms with Gasteiger partial charge in [0.15, 0.2) is 6.10 Å². The Morgan fingerprint density at radius 1 is 1.28 bits per heavy atom. The fourth-order valence-corrected chi connectivity index (χ4v) is 4.06. The number of hydrogen-bond donors (Lipinski definition) is 1. The zero-order chi connectivity index (χ0) is 21.0. The number of hydrogen-bond acceptors (Lipinski definition) is 4. The molecule has 6 nitrogen and oxygen atoms in total. The van der Waals surface area contributed by atoms with E-state index in [-0.39, 0.29) is 22.7 Å². The van der Waals surface area contributed by atoms with E-state index >= 15 is 0 Å². The molecule has 0 saturated heterocycles. The lowest BCUT2D eigenvalue weighted by molar-refractivity contribution is -0.130. The van der Waals surface area contributed by atoms with Crippen molar-refractivity contribution in [2.75, 3.05) is 0 Å². The molecule has 1 aromatic carbocycles. The van der Waals surface area contributed by atoms with Gasteiger partial charge in [0.2, 0.25) is 0 Å². The molecule has 2 aromatic rings. The number of carbonyl (C=O) groups is 2. The Balaban J connectivity index is 1.64. The average molecular weight is 418 g/mol. The number of carbonyl (C=O) groups excluding carboxylic acids is 2. The molecule has 1 aliphatic rings. The highest BCUT2D eigenvalue weighted by Gasteiger charge is 2.28. The second kappa shape index (κ2) is 9.44. The highest BCUT2D eigenvalue weighted by molar-refractivity contribution is 6.32. The van der Waals surface area contributed by atoms with Crippen LogP contribution in [0, 0.1) is 12.8 Å². The number of benzene rings is 1. The van der Waals surface area contributed by atoms with Gasteiger partial charge in [-0.15, -0.1) is 0 Å². The molecule has 1 fully saturated rings. The van der Waals surface area contributed by atoms with Crippen LogP contribution < -0.4 is 5.32 Å². The van der Waals surface area contributed by atoms with Crippen LogP contribution in [0.25, 0.3) is 0 Å². The van der Waals surface area contributed by atoms with E-state index in [1.54, 1.807) is 18.5 Å². The van der Waals surface area contributed by atoms with E-state index in [0.29, 0.717) is 18.2 Å². The first-order chi connectivity index (χ1) is 13.9. The van der Waals surface area contributed by atoms with Crippen molar-refractivity contribution in [2.24, 2.45) is 5.92 Å². The van der Waals surface area contributed by atoms with Gasteiger partial charge in [-0.1, -0.05) is 61.7 Å². The maximum Gasteiger partial charge on any atom is 0.343 e. The van der Waals surface area contributed by atoms with Gasteiger partial charge >= 0.3 is 5.97 Å². The minimum Gasteiger partial charge on any atom is -0.449 e. The molecular formula is C22H28ClN3O3. The Labute approximate surface area is 176 Å². The molecule has 1 amide bonds. The molecular weight excluding hydrogens is 390 g/mol. The molecule has 1 aromatic heterocycles. The standard InChI is InChI=1S/C22H28ClN3O3/c1-14-9-7-8-12-18(14)24-21(27)16(3)29-22(28)19-15(2)25-26(20(19)23)13-17-10-5-4-6-11-17/h4-6,10-11,14,16,18H,7-9,12-13H2,1-3H3,(H,24,27). The predicted molar refractivity (Wildman–Crippen MR) is 112 cm³/mol. The summed E-state index contributed by atoms with van der Waals surface area (Å²) in [5, 5.41) is 7.60. The van der Waals surface area contributed by atoms with Gasteiger partial charge in [-0.2, -0.15) is 5.10 Å². The van der Waals surface area contributed by atoms with Crippen molar-refractivity contribution in [1.82, 2.24) is 15.1 Å². The molecule has 1 N–H and O–H groups in total. The Morgan fingerprint density at radius 2 is 1.97 bits per heavy atom. The number of amides is 1. The van der Waals surface area contributed by atoms with E-state index in [9.17, 15) is 9.59 Å². The number of nitrogens with one attached hydrogen (secondary N) is 1. The minimum atomic E-state index is -0.899. The third-order valence-corrected chi connectivity index (χ3v) is 5.92. The molecule has 156 valence electrons. The molecule has 1 heterocycles. The van der Waals surface area contributed by atoms with E-state index in [2.05, 4.69) is 17.3 Å². The molecule has 0 bridgehead atoms. The van der Waals surface area contributed by atoms with Crippen molar-refractivity contribution in [2.45, 2.75) is 65.1 Å². The molecule has 3 rings (SSSR count). The van der Waals surface area contributed by atoms with Crippen molar-refractivity contribution in [3.05, 3.63) is 52.3 Å². The van der Waals surface area contributed by atoms with Gasteiger partial charge in [-0.3, -0.25) is 4.79 Å². The number of esters is 1. The number of aryl methyl sites for hydroxylation is 1. The molecule has 1 saturated carbocycles. The van der Waals surface area contributed by atoms with Crippen LogP contribution in [-0.4, -0.2) is 33.8 Å². The topological polar surface area (TPSA) is 73.2 Å². The second-order valence-corrected chi connectivity index (χ2v) is 8.18. The van der Waals surface area contributed by atoms with E-state index in [0.717, 1.165) is 24.8 Å². The van der Waals surface area contributed by atoms with Crippen molar-refractivity contribution < 1.29 is 14.3 Å². The van der Waals surface area contributed by atoms with Gasteiger partial charge in [0, 0.05) is 6.04 Å². The third-order valence-electron chi connectivity index (χ3n) is 5.54. The summed E-state index contributed by atoms with van der Waals surface area (Å²) in [7, 11) is 0. The summed E-state index contributed by atoms with van der Waals surface area (Å²) in [5.74, 6) is -0.475. The lowest BCUT2D eigenvalue weighted by atomic mass is 9.86. The Bertz CT molecular complexity index is 866. The van der Waals surface area contributed by atoms with Gasteiger partial charge in [0.25, 0.3) is 5.91 Å². The maximum atomic E-state index is 12.7. The zero-order valence-corrected chi connectivity index (χ0v) is 17.9. The molecule has 0 radical (unpaired) electrons. The molecule has 0 aliphatic heterocycles. The van der Waals surface area contributed by atoms with E-state index in [1.165, 1.54) is 6.42 Å². The van der Waals surface area contributed by atoms with Crippen LogP contribution in [0.4, 0.5) is 0 Å². The Hall–Kier alpha value is -2.34. The van der Waals surface area contributed by atoms with Crippen molar-refractivity contribution in [1.29, 1.82) is 0 Å². The largest absolute Gasteiger partial charge is 0.449 e. The zero-order valence-electron chi connectivity index (χ0n) is 17.2. The SMILES string of the molecule is Cc1nn(Cc2ccccc2)c(Cl)c1C(=O)OC(C)C(=O)NC1CCCCC1C. The number of halogens is 1. The number of nitrogens with zero attached hydrogens (tertiary/aromatic N) is 2. The summed E-state index contributed by atoms with van der Waals surface area (Å²) >= 11 is 6.41. The molecule has 7 heteroatoms. The van der Waals surface area contributed by atoms with Crippen LogP contribution in [0.15, 0.2) is 30.3 Å². The van der Waals surface area contributed by atoms with Gasteiger partial charge in [0.05, 0.1) is 12.2 Å². The van der Waals surface area contributed by atoms with E-state index in [1.807, 2.05) is 30.3 Å². The third kappa shape index (κ3) is 5.18. The summed E-state index contributed by atoms with van der Waals surface area (Å²) in [6, 6.07) is 9.86. The average Bonchev–Trinajstić information content (AvgIpc) is 2.97. The first-order valence-electron chi connectivity index (χ1n) is 10.1. The molecule has 3 unspecified atom stereocenters. The molecule has 29 heavy (non-hydrogen) atoms. The summed E-state index contributed by atoms with van der Waals surface area (Å²) in [5.41, 5.74) is 1.70. The Morgan fingerprint density at radius 3 is 2.66 bits per heavy atom. The first-order valence-corrected chi connectivity index (χ1v) is 10.5. The van der Waals surface area contributed by atoms with Gasteiger partial charge in [0.1, 0.15) is 10.7 Å². The number of rotatable bonds is 6. The Kier molecular flexibility index (Phi) is 6.96. The van der Waals surface area contributed by atoms with Crippen molar-refractivity contribution in [3.8, 4) is 0 Å². The van der Waals surface area contributed by atoms with Gasteiger partial charge in [-0.25, -0.2) is 9.48 Å². The first kappa shape index (κ1) is 21.4. The minimum absolute atomic E-state index is 0.136. The highest BCUT2D eigenvalue weighted by atomic mass is 35.5. The van der Waals surface area contributed by atoms with Crippen LogP contribution >= 0.6 is 11.6 Å². The monoisotopic (exact) mass is 417 g/mol. The van der Waals surface area contributed by atoms with Crippen LogP contribution in [0.5, 0.6) is 0 Å². The molecule has 3 atom stereocenters. The van der Waals surface area contributed by atoms with Gasteiger partial charge < -0.3 is 10.1 Å². The lowest BCUT2D eigenvalue weighted by Gasteiger charge is -2.30. The van der Waals surface area contributed by atoms with Crippen LogP contribution in [-0.2, 0) is 16.1 Å². The van der Waals surface area contributed by atoms with Gasteiger partial charge in [-0.05, 0) is 38.2 Å². The summed E-state index contributed by atoms with van der Waals surface area (Å²) in [4.78, 5) is 25.2. The number of aromatic nitrogens is 2. The summed E-state index contributed by atoms with van der Waals surface area (Å²) in [6.07, 6.45) is 3.48. The van der Waals surface area contributed by atoms with Crippen LogP contribution in [0.2, 0.25) is 5.15 Å². The van der Waals surface area contributed by atoms with Crippen LogP contribution in [0.3, 0.4) is 0 Å². The highest BCUT2D eigenvalue weighted by Crippen LogP contribution is 2.25.